The first-order chi connectivity index (χ1) is 9.29. The molecule has 1 aromatic carbocycles. The third kappa shape index (κ3) is 4.72. The fourth-order valence-corrected chi connectivity index (χ4v) is 1.78. The number of carboxylic acids is 2. The Morgan fingerprint density at radius 2 is 1.85 bits per heavy atom. The van der Waals surface area contributed by atoms with Gasteiger partial charge in [-0.05, 0) is 25.0 Å². The Morgan fingerprint density at radius 3 is 2.40 bits per heavy atom. The van der Waals surface area contributed by atoms with Crippen LogP contribution in [0.3, 0.4) is 0 Å². The summed E-state index contributed by atoms with van der Waals surface area (Å²) in [6.45, 7) is 3.75. The van der Waals surface area contributed by atoms with Crippen LogP contribution >= 0.6 is 0 Å². The van der Waals surface area contributed by atoms with Crippen molar-refractivity contribution >= 4 is 17.8 Å². The van der Waals surface area contributed by atoms with Crippen molar-refractivity contribution in [1.82, 2.24) is 5.32 Å². The number of carboxylic acid groups (broad SMARTS) is 2. The summed E-state index contributed by atoms with van der Waals surface area (Å²) in [6.07, 6.45) is -0.620. The molecule has 0 fully saturated rings. The van der Waals surface area contributed by atoms with Crippen molar-refractivity contribution in [2.75, 3.05) is 0 Å². The number of aryl methyl sites for hydroxylation is 2. The number of nitrogens with one attached hydrogen (secondary N) is 1. The number of rotatable bonds is 6. The molecule has 0 aliphatic rings. The lowest BCUT2D eigenvalue weighted by atomic mass is 10.0. The molecule has 0 aliphatic heterocycles. The van der Waals surface area contributed by atoms with Crippen molar-refractivity contribution in [1.29, 1.82) is 0 Å². The summed E-state index contributed by atoms with van der Waals surface area (Å²) in [7, 11) is 0. The van der Waals surface area contributed by atoms with Gasteiger partial charge in [0.25, 0.3) is 0 Å². The van der Waals surface area contributed by atoms with E-state index in [4.69, 9.17) is 10.2 Å². The monoisotopic (exact) mass is 279 g/mol. The second kappa shape index (κ2) is 6.70. The molecule has 1 atom stereocenters. The summed E-state index contributed by atoms with van der Waals surface area (Å²) in [5, 5.41) is 19.7. The molecular formula is C14H17NO5. The van der Waals surface area contributed by atoms with Crippen molar-refractivity contribution in [3.63, 3.8) is 0 Å². The third-order valence-electron chi connectivity index (χ3n) is 2.87. The predicted octanol–water partition coefficient (Wildman–Crippen LogP) is 0.890. The summed E-state index contributed by atoms with van der Waals surface area (Å²) in [5.74, 6) is -3.14. The van der Waals surface area contributed by atoms with Crippen LogP contribution in [0.1, 0.15) is 23.1 Å². The van der Waals surface area contributed by atoms with E-state index in [9.17, 15) is 14.4 Å². The minimum Gasteiger partial charge on any atom is -0.481 e. The van der Waals surface area contributed by atoms with Gasteiger partial charge < -0.3 is 15.5 Å². The quantitative estimate of drug-likeness (QED) is 0.717. The summed E-state index contributed by atoms with van der Waals surface area (Å²) in [5.41, 5.74) is 2.72. The van der Waals surface area contributed by atoms with Crippen molar-refractivity contribution in [2.45, 2.75) is 32.7 Å². The molecule has 0 spiro atoms. The smallest absolute Gasteiger partial charge is 0.326 e. The van der Waals surface area contributed by atoms with Gasteiger partial charge in [-0.2, -0.15) is 0 Å². The fraction of sp³-hybridized carbons (Fsp3) is 0.357. The molecule has 1 aromatic rings. The molecule has 6 heteroatoms. The molecule has 6 nitrogen and oxygen atoms in total. The van der Waals surface area contributed by atoms with Crippen LogP contribution in [0, 0.1) is 13.8 Å². The summed E-state index contributed by atoms with van der Waals surface area (Å²) in [6, 6.07) is 4.23. The average molecular weight is 279 g/mol. The van der Waals surface area contributed by atoms with Crippen LogP contribution in [-0.4, -0.2) is 34.1 Å². The molecule has 3 N–H and O–H groups in total. The first-order valence-corrected chi connectivity index (χ1v) is 6.09. The first-order valence-electron chi connectivity index (χ1n) is 6.09. The Bertz CT molecular complexity index is 538. The molecule has 0 saturated heterocycles. The topological polar surface area (TPSA) is 104 Å². The van der Waals surface area contributed by atoms with E-state index in [-0.39, 0.29) is 6.42 Å². The Balaban J connectivity index is 2.72. The molecule has 0 aliphatic carbocycles. The minimum atomic E-state index is -1.41. The number of amides is 1. The van der Waals surface area contributed by atoms with Crippen LogP contribution in [-0.2, 0) is 20.8 Å². The van der Waals surface area contributed by atoms with Gasteiger partial charge in [0.1, 0.15) is 6.04 Å². The number of carbonyl (C=O) groups excluding carboxylic acids is 1. The van der Waals surface area contributed by atoms with Crippen LogP contribution in [0.15, 0.2) is 18.2 Å². The lowest BCUT2D eigenvalue weighted by Crippen LogP contribution is -2.42. The number of carbonyl (C=O) groups is 3. The van der Waals surface area contributed by atoms with E-state index in [0.717, 1.165) is 16.7 Å². The van der Waals surface area contributed by atoms with Gasteiger partial charge in [-0.15, -0.1) is 0 Å². The van der Waals surface area contributed by atoms with Gasteiger partial charge in [-0.3, -0.25) is 9.59 Å². The van der Waals surface area contributed by atoms with Crippen LogP contribution in [0.2, 0.25) is 0 Å². The van der Waals surface area contributed by atoms with Gasteiger partial charge in [0.15, 0.2) is 0 Å². The van der Waals surface area contributed by atoms with Gasteiger partial charge in [-0.1, -0.05) is 23.8 Å². The minimum absolute atomic E-state index is 0.0247. The zero-order valence-corrected chi connectivity index (χ0v) is 11.3. The standard InChI is InChI=1S/C14H17NO5/c1-8-3-4-9(2)10(5-8)6-12(16)15-11(14(19)20)7-13(17)18/h3-5,11H,6-7H2,1-2H3,(H,15,16)(H,17,18)(H,19,20)/t11-/m1/s1. The molecule has 20 heavy (non-hydrogen) atoms. The van der Waals surface area contributed by atoms with Crippen LogP contribution in [0.5, 0.6) is 0 Å². The summed E-state index contributed by atoms with van der Waals surface area (Å²) < 4.78 is 0. The normalized spacial score (nSPS) is 11.7. The van der Waals surface area contributed by atoms with Gasteiger partial charge in [-0.25, -0.2) is 4.79 Å². The zero-order chi connectivity index (χ0) is 15.3. The van der Waals surface area contributed by atoms with Crippen molar-refractivity contribution in [3.05, 3.63) is 34.9 Å². The summed E-state index contributed by atoms with van der Waals surface area (Å²) >= 11 is 0. The third-order valence-corrected chi connectivity index (χ3v) is 2.87. The van der Waals surface area contributed by atoms with E-state index < -0.39 is 30.3 Å². The van der Waals surface area contributed by atoms with Gasteiger partial charge in [0.05, 0.1) is 12.8 Å². The van der Waals surface area contributed by atoms with Crippen molar-refractivity contribution in [3.8, 4) is 0 Å². The van der Waals surface area contributed by atoms with E-state index in [1.165, 1.54) is 0 Å². The maximum atomic E-state index is 11.8. The Hall–Kier alpha value is -2.37. The van der Waals surface area contributed by atoms with Crippen LogP contribution < -0.4 is 5.32 Å². The molecule has 0 heterocycles. The lowest BCUT2D eigenvalue weighted by molar-refractivity contribution is -0.147. The van der Waals surface area contributed by atoms with E-state index >= 15 is 0 Å². The second-order valence-electron chi connectivity index (χ2n) is 4.66. The van der Waals surface area contributed by atoms with Crippen molar-refractivity contribution in [2.24, 2.45) is 0 Å². The predicted molar refractivity (Wildman–Crippen MR) is 71.4 cm³/mol. The SMILES string of the molecule is Cc1ccc(C)c(CC(=O)N[C@H](CC(=O)O)C(=O)O)c1. The highest BCUT2D eigenvalue weighted by atomic mass is 16.4. The van der Waals surface area contributed by atoms with E-state index in [1.807, 2.05) is 32.0 Å². The van der Waals surface area contributed by atoms with Crippen LogP contribution in [0.25, 0.3) is 0 Å². The average Bonchev–Trinajstić information content (AvgIpc) is 2.32. The number of aliphatic carboxylic acids is 2. The summed E-state index contributed by atoms with van der Waals surface area (Å²) in [4.78, 5) is 33.2. The molecule has 1 amide bonds. The van der Waals surface area contributed by atoms with Gasteiger partial charge >= 0.3 is 11.9 Å². The molecular weight excluding hydrogens is 262 g/mol. The van der Waals surface area contributed by atoms with E-state index in [0.29, 0.717) is 0 Å². The molecule has 0 radical (unpaired) electrons. The van der Waals surface area contributed by atoms with Gasteiger partial charge in [0.2, 0.25) is 5.91 Å². The molecule has 0 unspecified atom stereocenters. The zero-order valence-electron chi connectivity index (χ0n) is 11.3. The Morgan fingerprint density at radius 1 is 1.20 bits per heavy atom. The second-order valence-corrected chi connectivity index (χ2v) is 4.66. The lowest BCUT2D eigenvalue weighted by Gasteiger charge is -2.13. The van der Waals surface area contributed by atoms with E-state index in [1.54, 1.807) is 0 Å². The Labute approximate surface area is 116 Å². The number of benzene rings is 1. The van der Waals surface area contributed by atoms with Gasteiger partial charge in [0, 0.05) is 0 Å². The largest absolute Gasteiger partial charge is 0.481 e. The molecule has 1 rings (SSSR count). The Kier molecular flexibility index (Phi) is 5.25. The van der Waals surface area contributed by atoms with E-state index in [2.05, 4.69) is 5.32 Å². The number of hydrogen-bond donors (Lipinski definition) is 3. The maximum Gasteiger partial charge on any atom is 0.326 e. The highest BCUT2D eigenvalue weighted by molar-refractivity contribution is 5.87. The fourth-order valence-electron chi connectivity index (χ4n) is 1.78. The maximum absolute atomic E-state index is 11.8. The first kappa shape index (κ1) is 15.7. The highest BCUT2D eigenvalue weighted by Gasteiger charge is 2.23. The highest BCUT2D eigenvalue weighted by Crippen LogP contribution is 2.11. The van der Waals surface area contributed by atoms with Crippen LogP contribution in [0.4, 0.5) is 0 Å². The molecule has 0 bridgehead atoms. The molecule has 0 aromatic heterocycles. The van der Waals surface area contributed by atoms with Crippen molar-refractivity contribution < 1.29 is 24.6 Å². The molecule has 108 valence electrons. The molecule has 0 saturated carbocycles. The number of hydrogen-bond acceptors (Lipinski definition) is 3.